The molecular weight excluding hydrogens is 208 g/mol. The zero-order valence-corrected chi connectivity index (χ0v) is 10.4. The molecule has 0 aliphatic rings. The zero-order chi connectivity index (χ0) is 12.3. The fraction of sp³-hybridized carbons (Fsp3) is 0.200. The van der Waals surface area contributed by atoms with Crippen LogP contribution in [0.5, 0.6) is 0 Å². The van der Waals surface area contributed by atoms with Gasteiger partial charge in [-0.25, -0.2) is 0 Å². The lowest BCUT2D eigenvalue weighted by Crippen LogP contribution is -2.07. The Balaban J connectivity index is 2.32. The van der Waals surface area contributed by atoms with E-state index in [4.69, 9.17) is 5.73 Å². The molecule has 0 radical (unpaired) electrons. The van der Waals surface area contributed by atoms with Crippen molar-refractivity contribution in [3.8, 4) is 11.1 Å². The number of rotatable bonds is 3. The van der Waals surface area contributed by atoms with Crippen LogP contribution in [0.2, 0.25) is 0 Å². The van der Waals surface area contributed by atoms with E-state index in [2.05, 4.69) is 53.4 Å². The topological polar surface area (TPSA) is 29.3 Å². The first-order valence-corrected chi connectivity index (χ1v) is 5.77. The summed E-state index contributed by atoms with van der Waals surface area (Å²) in [6, 6.07) is 16.9. The minimum Gasteiger partial charge on any atom is -0.378 e. The van der Waals surface area contributed by atoms with Crippen molar-refractivity contribution in [1.29, 1.82) is 0 Å². The molecule has 0 heterocycles. The normalized spacial score (nSPS) is 10.3. The van der Waals surface area contributed by atoms with Gasteiger partial charge >= 0.3 is 0 Å². The number of nitrogens with two attached hydrogens (primary N) is 1. The number of hydrogen-bond donors (Lipinski definition) is 1. The highest BCUT2D eigenvalue weighted by atomic mass is 15.1. The number of anilines is 1. The van der Waals surface area contributed by atoms with Crippen LogP contribution in [0.15, 0.2) is 48.5 Å². The van der Waals surface area contributed by atoms with E-state index in [1.807, 2.05) is 14.1 Å². The lowest BCUT2D eigenvalue weighted by atomic mass is 10.0. The fourth-order valence-corrected chi connectivity index (χ4v) is 1.83. The molecular formula is C15H18N2. The van der Waals surface area contributed by atoms with E-state index >= 15 is 0 Å². The molecule has 0 saturated carbocycles. The van der Waals surface area contributed by atoms with Crippen LogP contribution < -0.4 is 10.6 Å². The van der Waals surface area contributed by atoms with Crippen molar-refractivity contribution in [3.05, 3.63) is 54.1 Å². The van der Waals surface area contributed by atoms with Crippen LogP contribution in [0.3, 0.4) is 0 Å². The van der Waals surface area contributed by atoms with Gasteiger partial charge in [0.1, 0.15) is 0 Å². The molecule has 2 nitrogen and oxygen atoms in total. The fourth-order valence-electron chi connectivity index (χ4n) is 1.83. The Kier molecular flexibility index (Phi) is 3.45. The van der Waals surface area contributed by atoms with Gasteiger partial charge in [0.2, 0.25) is 0 Å². The third-order valence-corrected chi connectivity index (χ3v) is 2.88. The Labute approximate surface area is 103 Å². The van der Waals surface area contributed by atoms with E-state index in [0.717, 1.165) is 0 Å². The van der Waals surface area contributed by atoms with Crippen molar-refractivity contribution in [1.82, 2.24) is 0 Å². The van der Waals surface area contributed by atoms with Crippen molar-refractivity contribution in [2.45, 2.75) is 6.54 Å². The molecule has 0 bridgehead atoms. The summed E-state index contributed by atoms with van der Waals surface area (Å²) >= 11 is 0. The first-order valence-electron chi connectivity index (χ1n) is 5.77. The zero-order valence-electron chi connectivity index (χ0n) is 10.4. The van der Waals surface area contributed by atoms with Crippen molar-refractivity contribution in [2.24, 2.45) is 5.73 Å². The molecule has 0 atom stereocenters. The Hall–Kier alpha value is -1.80. The largest absolute Gasteiger partial charge is 0.378 e. The van der Waals surface area contributed by atoms with Crippen LogP contribution >= 0.6 is 0 Å². The first-order chi connectivity index (χ1) is 8.20. The smallest absolute Gasteiger partial charge is 0.0361 e. The van der Waals surface area contributed by atoms with Crippen LogP contribution in [0, 0.1) is 0 Å². The molecule has 2 aromatic rings. The third-order valence-electron chi connectivity index (χ3n) is 2.88. The lowest BCUT2D eigenvalue weighted by Gasteiger charge is -2.13. The predicted molar refractivity (Wildman–Crippen MR) is 74.1 cm³/mol. The molecule has 88 valence electrons. The van der Waals surface area contributed by atoms with Crippen molar-refractivity contribution < 1.29 is 0 Å². The van der Waals surface area contributed by atoms with Crippen LogP contribution in [0.1, 0.15) is 5.56 Å². The SMILES string of the molecule is CN(C)c1ccc(-c2cccc(CN)c2)cc1. The van der Waals surface area contributed by atoms with Gasteiger partial charge in [0, 0.05) is 26.3 Å². The summed E-state index contributed by atoms with van der Waals surface area (Å²) in [7, 11) is 4.09. The molecule has 17 heavy (non-hydrogen) atoms. The molecule has 2 N–H and O–H groups in total. The van der Waals surface area contributed by atoms with Crippen molar-refractivity contribution >= 4 is 5.69 Å². The number of nitrogens with zero attached hydrogens (tertiary/aromatic N) is 1. The molecule has 0 fully saturated rings. The minimum absolute atomic E-state index is 0.587. The number of hydrogen-bond acceptors (Lipinski definition) is 2. The molecule has 2 rings (SSSR count). The molecule has 0 unspecified atom stereocenters. The average molecular weight is 226 g/mol. The summed E-state index contributed by atoms with van der Waals surface area (Å²) in [5.74, 6) is 0. The second kappa shape index (κ2) is 5.02. The average Bonchev–Trinajstić information content (AvgIpc) is 2.39. The monoisotopic (exact) mass is 226 g/mol. The molecule has 0 amide bonds. The van der Waals surface area contributed by atoms with E-state index in [1.54, 1.807) is 0 Å². The van der Waals surface area contributed by atoms with Gasteiger partial charge in [0.25, 0.3) is 0 Å². The van der Waals surface area contributed by atoms with Gasteiger partial charge in [-0.1, -0.05) is 30.3 Å². The van der Waals surface area contributed by atoms with Crippen LogP contribution in [0.25, 0.3) is 11.1 Å². The van der Waals surface area contributed by atoms with Gasteiger partial charge in [-0.3, -0.25) is 0 Å². The second-order valence-electron chi connectivity index (χ2n) is 4.35. The van der Waals surface area contributed by atoms with Crippen LogP contribution in [0.4, 0.5) is 5.69 Å². The van der Waals surface area contributed by atoms with Crippen molar-refractivity contribution in [2.75, 3.05) is 19.0 Å². The Morgan fingerprint density at radius 1 is 0.941 bits per heavy atom. The van der Waals surface area contributed by atoms with E-state index in [9.17, 15) is 0 Å². The van der Waals surface area contributed by atoms with Gasteiger partial charge < -0.3 is 10.6 Å². The molecule has 0 aliphatic heterocycles. The molecule has 2 heteroatoms. The van der Waals surface area contributed by atoms with Crippen molar-refractivity contribution in [3.63, 3.8) is 0 Å². The Morgan fingerprint density at radius 2 is 1.65 bits per heavy atom. The second-order valence-corrected chi connectivity index (χ2v) is 4.35. The third kappa shape index (κ3) is 2.66. The quantitative estimate of drug-likeness (QED) is 0.872. The maximum absolute atomic E-state index is 5.65. The molecule has 0 aromatic heterocycles. The van der Waals surface area contributed by atoms with Gasteiger partial charge in [-0.15, -0.1) is 0 Å². The molecule has 0 spiro atoms. The summed E-state index contributed by atoms with van der Waals surface area (Å²) in [4.78, 5) is 2.10. The van der Waals surface area contributed by atoms with Gasteiger partial charge in [0.05, 0.1) is 0 Å². The molecule has 0 saturated heterocycles. The standard InChI is InChI=1S/C15H18N2/c1-17(2)15-8-6-13(7-9-15)14-5-3-4-12(10-14)11-16/h3-10H,11,16H2,1-2H3. The molecule has 0 aliphatic carbocycles. The Bertz CT molecular complexity index is 487. The van der Waals surface area contributed by atoms with Gasteiger partial charge in [-0.2, -0.15) is 0 Å². The summed E-state index contributed by atoms with van der Waals surface area (Å²) in [6.07, 6.45) is 0. The van der Waals surface area contributed by atoms with Gasteiger partial charge in [-0.05, 0) is 34.9 Å². The van der Waals surface area contributed by atoms with Crippen LogP contribution in [-0.2, 0) is 6.54 Å². The van der Waals surface area contributed by atoms with E-state index in [1.165, 1.54) is 22.4 Å². The maximum Gasteiger partial charge on any atom is 0.0361 e. The predicted octanol–water partition coefficient (Wildman–Crippen LogP) is 2.88. The summed E-state index contributed by atoms with van der Waals surface area (Å²) in [5.41, 5.74) is 10.5. The Morgan fingerprint density at radius 3 is 2.24 bits per heavy atom. The highest BCUT2D eigenvalue weighted by molar-refractivity contribution is 5.66. The molecule has 2 aromatic carbocycles. The van der Waals surface area contributed by atoms with Crippen LogP contribution in [-0.4, -0.2) is 14.1 Å². The lowest BCUT2D eigenvalue weighted by molar-refractivity contribution is 1.07. The summed E-state index contributed by atoms with van der Waals surface area (Å²) in [5, 5.41) is 0. The first kappa shape index (κ1) is 11.7. The minimum atomic E-state index is 0.587. The van der Waals surface area contributed by atoms with Gasteiger partial charge in [0.15, 0.2) is 0 Å². The highest BCUT2D eigenvalue weighted by Crippen LogP contribution is 2.23. The maximum atomic E-state index is 5.65. The van der Waals surface area contributed by atoms with E-state index < -0.39 is 0 Å². The number of benzene rings is 2. The van der Waals surface area contributed by atoms with E-state index in [0.29, 0.717) is 6.54 Å². The highest BCUT2D eigenvalue weighted by Gasteiger charge is 2.00. The van der Waals surface area contributed by atoms with E-state index in [-0.39, 0.29) is 0 Å². The summed E-state index contributed by atoms with van der Waals surface area (Å²) in [6.45, 7) is 0.587. The summed E-state index contributed by atoms with van der Waals surface area (Å²) < 4.78 is 0.